The molecule has 0 radical (unpaired) electrons. The third-order valence-corrected chi connectivity index (χ3v) is 5.87. The number of hydrogen-bond acceptors (Lipinski definition) is 6. The van der Waals surface area contributed by atoms with Gasteiger partial charge in [0.15, 0.2) is 0 Å². The van der Waals surface area contributed by atoms with Crippen LogP contribution in [-0.4, -0.2) is 44.7 Å². The van der Waals surface area contributed by atoms with Crippen molar-refractivity contribution in [3.05, 3.63) is 89.2 Å². The van der Waals surface area contributed by atoms with Gasteiger partial charge in [-0.15, -0.1) is 10.2 Å². The van der Waals surface area contributed by atoms with E-state index in [2.05, 4.69) is 20.7 Å². The lowest BCUT2D eigenvalue weighted by Gasteiger charge is -2.33. The van der Waals surface area contributed by atoms with Crippen molar-refractivity contribution in [3.8, 4) is 17.1 Å². The molecule has 0 spiro atoms. The standard InChI is InChI=1S/C28H28ClFN6O3/c1-28(2,3)31-27(38)25(18-8-12-20(29)13-9-18)36(22-6-5-7-23(16-22)39-4)24(37)17-35-33-26(32-34-35)19-10-14-21(30)15-11-19/h5-16,25H,17H2,1-4H3,(H,31,38). The maximum absolute atomic E-state index is 14.0. The molecule has 2 amide bonds. The minimum atomic E-state index is -1.05. The van der Waals surface area contributed by atoms with E-state index in [1.165, 1.54) is 36.3 Å². The fourth-order valence-corrected chi connectivity index (χ4v) is 4.05. The summed E-state index contributed by atoms with van der Waals surface area (Å²) in [5, 5.41) is 15.8. The number of rotatable bonds is 8. The second kappa shape index (κ2) is 11.6. The van der Waals surface area contributed by atoms with Gasteiger partial charge in [-0.2, -0.15) is 4.80 Å². The molecule has 0 fully saturated rings. The third-order valence-electron chi connectivity index (χ3n) is 5.62. The Morgan fingerprint density at radius 2 is 1.77 bits per heavy atom. The molecule has 0 aliphatic carbocycles. The summed E-state index contributed by atoms with van der Waals surface area (Å²) in [5.41, 5.74) is 0.962. The van der Waals surface area contributed by atoms with Crippen molar-refractivity contribution in [3.63, 3.8) is 0 Å². The molecule has 0 saturated carbocycles. The van der Waals surface area contributed by atoms with Crippen molar-refractivity contribution in [1.82, 2.24) is 25.5 Å². The molecule has 0 bridgehead atoms. The molecule has 4 aromatic rings. The van der Waals surface area contributed by atoms with Crippen molar-refractivity contribution >= 4 is 29.1 Å². The SMILES string of the molecule is COc1cccc(N(C(=O)Cn2nnc(-c3ccc(F)cc3)n2)C(C(=O)NC(C)(C)C)c2ccc(Cl)cc2)c1. The number of methoxy groups -OCH3 is 1. The fourth-order valence-electron chi connectivity index (χ4n) is 3.92. The molecule has 0 saturated heterocycles. The van der Waals surface area contributed by atoms with Gasteiger partial charge >= 0.3 is 0 Å². The van der Waals surface area contributed by atoms with Crippen LogP contribution in [0, 0.1) is 5.82 Å². The Morgan fingerprint density at radius 1 is 1.08 bits per heavy atom. The number of hydrogen-bond donors (Lipinski definition) is 1. The van der Waals surface area contributed by atoms with Crippen LogP contribution in [-0.2, 0) is 16.1 Å². The van der Waals surface area contributed by atoms with Crippen molar-refractivity contribution in [2.24, 2.45) is 0 Å². The minimum absolute atomic E-state index is 0.232. The van der Waals surface area contributed by atoms with Crippen molar-refractivity contribution in [2.45, 2.75) is 38.9 Å². The van der Waals surface area contributed by atoms with Crippen LogP contribution >= 0.6 is 11.6 Å². The first-order chi connectivity index (χ1) is 18.5. The lowest BCUT2D eigenvalue weighted by atomic mass is 10.0. The van der Waals surface area contributed by atoms with Crippen LogP contribution in [0.1, 0.15) is 32.4 Å². The lowest BCUT2D eigenvalue weighted by Crippen LogP contribution is -2.50. The molecule has 1 aromatic heterocycles. The van der Waals surface area contributed by atoms with Gasteiger partial charge in [0.25, 0.3) is 5.91 Å². The second-order valence-electron chi connectivity index (χ2n) is 9.81. The van der Waals surface area contributed by atoms with Crippen molar-refractivity contribution in [2.75, 3.05) is 12.0 Å². The first-order valence-corrected chi connectivity index (χ1v) is 12.5. The average molecular weight is 551 g/mol. The van der Waals surface area contributed by atoms with Gasteiger partial charge in [0.2, 0.25) is 11.7 Å². The van der Waals surface area contributed by atoms with Gasteiger partial charge < -0.3 is 10.1 Å². The number of carbonyl (C=O) groups excluding carboxylic acids is 2. The van der Waals surface area contributed by atoms with E-state index in [1.807, 2.05) is 20.8 Å². The Labute approximate surface area is 230 Å². The number of amides is 2. The van der Waals surface area contributed by atoms with Crippen LogP contribution < -0.4 is 15.0 Å². The van der Waals surface area contributed by atoms with Gasteiger partial charge in [0.05, 0.1) is 7.11 Å². The number of tetrazole rings is 1. The topological polar surface area (TPSA) is 102 Å². The maximum atomic E-state index is 14.0. The highest BCUT2D eigenvalue weighted by Crippen LogP contribution is 2.32. The monoisotopic (exact) mass is 550 g/mol. The summed E-state index contributed by atoms with van der Waals surface area (Å²) in [4.78, 5) is 30.2. The summed E-state index contributed by atoms with van der Waals surface area (Å²) < 4.78 is 18.7. The summed E-state index contributed by atoms with van der Waals surface area (Å²) in [6.45, 7) is 5.26. The van der Waals surface area contributed by atoms with Gasteiger partial charge in [-0.05, 0) is 80.1 Å². The Morgan fingerprint density at radius 3 is 2.41 bits per heavy atom. The van der Waals surface area contributed by atoms with E-state index in [9.17, 15) is 14.0 Å². The molecule has 1 N–H and O–H groups in total. The van der Waals surface area contributed by atoms with Crippen LogP contribution in [0.5, 0.6) is 5.75 Å². The summed E-state index contributed by atoms with van der Waals surface area (Å²) in [7, 11) is 1.52. The van der Waals surface area contributed by atoms with Gasteiger partial charge in [0, 0.05) is 27.9 Å². The highest BCUT2D eigenvalue weighted by molar-refractivity contribution is 6.30. The van der Waals surface area contributed by atoms with Gasteiger partial charge in [-0.25, -0.2) is 4.39 Å². The molecule has 9 nitrogen and oxygen atoms in total. The predicted molar refractivity (Wildman–Crippen MR) is 146 cm³/mol. The molecular formula is C28H28ClFN6O3. The normalized spacial score (nSPS) is 12.1. The van der Waals surface area contributed by atoms with E-state index in [0.717, 1.165) is 4.80 Å². The van der Waals surface area contributed by atoms with E-state index in [1.54, 1.807) is 48.5 Å². The van der Waals surface area contributed by atoms with Crippen LogP contribution in [0.25, 0.3) is 11.4 Å². The Kier molecular flexibility index (Phi) is 8.25. The van der Waals surface area contributed by atoms with Crippen LogP contribution in [0.3, 0.4) is 0 Å². The Bertz CT molecular complexity index is 1450. The van der Waals surface area contributed by atoms with Crippen LogP contribution in [0.15, 0.2) is 72.8 Å². The van der Waals surface area contributed by atoms with E-state index in [4.69, 9.17) is 16.3 Å². The Balaban J connectivity index is 1.75. The predicted octanol–water partition coefficient (Wildman–Crippen LogP) is 4.83. The number of halogens is 2. The molecule has 0 aliphatic rings. The molecule has 0 aliphatic heterocycles. The summed E-state index contributed by atoms with van der Waals surface area (Å²) in [5.74, 6) is -0.517. The van der Waals surface area contributed by atoms with E-state index < -0.39 is 23.3 Å². The summed E-state index contributed by atoms with van der Waals surface area (Å²) >= 11 is 6.12. The van der Waals surface area contributed by atoms with E-state index in [-0.39, 0.29) is 18.3 Å². The van der Waals surface area contributed by atoms with Crippen molar-refractivity contribution in [1.29, 1.82) is 0 Å². The zero-order chi connectivity index (χ0) is 28.2. The first-order valence-electron chi connectivity index (χ1n) is 12.1. The van der Waals surface area contributed by atoms with Gasteiger partial charge in [-0.3, -0.25) is 14.5 Å². The number of nitrogens with zero attached hydrogens (tertiary/aromatic N) is 5. The van der Waals surface area contributed by atoms with Crippen LogP contribution in [0.4, 0.5) is 10.1 Å². The van der Waals surface area contributed by atoms with Crippen molar-refractivity contribution < 1.29 is 18.7 Å². The quantitative estimate of drug-likeness (QED) is 0.337. The van der Waals surface area contributed by atoms with Crippen LogP contribution in [0.2, 0.25) is 5.02 Å². The summed E-state index contributed by atoms with van der Waals surface area (Å²) in [6, 6.07) is 18.2. The number of aromatic nitrogens is 4. The summed E-state index contributed by atoms with van der Waals surface area (Å²) in [6.07, 6.45) is 0. The highest BCUT2D eigenvalue weighted by Gasteiger charge is 2.35. The number of benzene rings is 3. The molecule has 1 heterocycles. The molecule has 39 heavy (non-hydrogen) atoms. The third kappa shape index (κ3) is 6.97. The molecule has 1 unspecified atom stereocenters. The number of ether oxygens (including phenoxy) is 1. The first kappa shape index (κ1) is 27.7. The zero-order valence-corrected chi connectivity index (χ0v) is 22.7. The smallest absolute Gasteiger partial charge is 0.251 e. The lowest BCUT2D eigenvalue weighted by molar-refractivity contribution is -0.128. The van der Waals surface area contributed by atoms with E-state index in [0.29, 0.717) is 27.6 Å². The Hall–Kier alpha value is -4.31. The largest absolute Gasteiger partial charge is 0.497 e. The zero-order valence-electron chi connectivity index (χ0n) is 21.9. The number of anilines is 1. The molecule has 202 valence electrons. The molecular weight excluding hydrogens is 523 g/mol. The van der Waals surface area contributed by atoms with E-state index >= 15 is 0 Å². The second-order valence-corrected chi connectivity index (χ2v) is 10.2. The molecule has 11 heteroatoms. The molecule has 1 atom stereocenters. The number of carbonyl (C=O) groups is 2. The minimum Gasteiger partial charge on any atom is -0.497 e. The molecule has 3 aromatic carbocycles. The van der Waals surface area contributed by atoms with Gasteiger partial charge in [0.1, 0.15) is 24.2 Å². The average Bonchev–Trinajstić information content (AvgIpc) is 3.35. The molecule has 4 rings (SSSR count). The fraction of sp³-hybridized carbons (Fsp3) is 0.250. The maximum Gasteiger partial charge on any atom is 0.251 e. The van der Waals surface area contributed by atoms with Gasteiger partial charge in [-0.1, -0.05) is 29.8 Å². The number of nitrogens with one attached hydrogen (secondary N) is 1. The highest BCUT2D eigenvalue weighted by atomic mass is 35.5.